The van der Waals surface area contributed by atoms with Gasteiger partial charge in [0.25, 0.3) is 0 Å². The average molecular weight is 345 g/mol. The number of benzene rings is 1. The number of rotatable bonds is 7. The highest BCUT2D eigenvalue weighted by Gasteiger charge is 2.19. The molecule has 0 spiro atoms. The molecule has 2 N–H and O–H groups in total. The lowest BCUT2D eigenvalue weighted by molar-refractivity contribution is 0.892. The number of hydrogen-bond donors (Lipinski definition) is 2. The van der Waals surface area contributed by atoms with Crippen molar-refractivity contribution in [2.24, 2.45) is 0 Å². The van der Waals surface area contributed by atoms with Gasteiger partial charge in [0.15, 0.2) is 5.82 Å². The highest BCUT2D eigenvalue weighted by atomic mass is 15.0. The minimum Gasteiger partial charge on any atom is -0.385 e. The second-order valence-corrected chi connectivity index (χ2v) is 6.48. The van der Waals surface area contributed by atoms with Gasteiger partial charge in [-0.25, -0.2) is 9.97 Å². The van der Waals surface area contributed by atoms with E-state index in [2.05, 4.69) is 27.8 Å². The van der Waals surface area contributed by atoms with Crippen LogP contribution in [0.5, 0.6) is 0 Å². The Kier molecular flexibility index (Phi) is 5.05. The summed E-state index contributed by atoms with van der Waals surface area (Å²) >= 11 is 0. The Hall–Kier alpha value is -2.95. The lowest BCUT2D eigenvalue weighted by Crippen LogP contribution is -2.12. The number of para-hydroxylation sites is 1. The Morgan fingerprint density at radius 1 is 0.846 bits per heavy atom. The SMILES string of the molecule is c1ccc(NCCCNc2nc(-c3ccncc3)nc3c2CCC3)cc1. The van der Waals surface area contributed by atoms with Gasteiger partial charge in [-0.2, -0.15) is 0 Å². The zero-order valence-corrected chi connectivity index (χ0v) is 14.8. The molecule has 2 heterocycles. The molecule has 0 amide bonds. The van der Waals surface area contributed by atoms with Crippen molar-refractivity contribution in [3.05, 3.63) is 66.1 Å². The summed E-state index contributed by atoms with van der Waals surface area (Å²) in [4.78, 5) is 13.7. The number of anilines is 2. The highest BCUT2D eigenvalue weighted by Crippen LogP contribution is 2.29. The fourth-order valence-corrected chi connectivity index (χ4v) is 3.29. The van der Waals surface area contributed by atoms with E-state index in [0.717, 1.165) is 61.7 Å². The largest absolute Gasteiger partial charge is 0.385 e. The maximum absolute atomic E-state index is 4.80. The van der Waals surface area contributed by atoms with Gasteiger partial charge >= 0.3 is 0 Å². The van der Waals surface area contributed by atoms with Gasteiger partial charge in [0.05, 0.1) is 0 Å². The fourth-order valence-electron chi connectivity index (χ4n) is 3.29. The van der Waals surface area contributed by atoms with Crippen molar-refractivity contribution in [3.63, 3.8) is 0 Å². The summed E-state index contributed by atoms with van der Waals surface area (Å²) in [5.74, 6) is 1.79. The maximum Gasteiger partial charge on any atom is 0.161 e. The van der Waals surface area contributed by atoms with E-state index in [1.807, 2.05) is 30.3 Å². The topological polar surface area (TPSA) is 62.7 Å². The molecule has 0 aliphatic heterocycles. The van der Waals surface area contributed by atoms with Gasteiger partial charge in [-0.1, -0.05) is 18.2 Å². The Labute approximate surface area is 153 Å². The van der Waals surface area contributed by atoms with Gasteiger partial charge in [-0.3, -0.25) is 4.98 Å². The quantitative estimate of drug-likeness (QED) is 0.635. The van der Waals surface area contributed by atoms with Crippen LogP contribution in [0.2, 0.25) is 0 Å². The number of fused-ring (bicyclic) bond motifs is 1. The van der Waals surface area contributed by atoms with E-state index in [4.69, 9.17) is 9.97 Å². The molecule has 1 aliphatic rings. The maximum atomic E-state index is 4.80. The third-order valence-electron chi connectivity index (χ3n) is 4.62. The van der Waals surface area contributed by atoms with Crippen LogP contribution in [0.15, 0.2) is 54.9 Å². The summed E-state index contributed by atoms with van der Waals surface area (Å²) in [5, 5.41) is 6.98. The molecule has 2 aromatic heterocycles. The molecule has 26 heavy (non-hydrogen) atoms. The van der Waals surface area contributed by atoms with E-state index in [0.29, 0.717) is 0 Å². The van der Waals surface area contributed by atoms with Crippen LogP contribution in [0.25, 0.3) is 11.4 Å². The van der Waals surface area contributed by atoms with Crippen LogP contribution in [0, 0.1) is 0 Å². The molecule has 0 radical (unpaired) electrons. The van der Waals surface area contributed by atoms with Crippen LogP contribution in [0.3, 0.4) is 0 Å². The molecule has 0 unspecified atom stereocenters. The number of aromatic nitrogens is 3. The first-order chi connectivity index (χ1) is 12.9. The van der Waals surface area contributed by atoms with Crippen molar-refractivity contribution < 1.29 is 0 Å². The predicted molar refractivity (Wildman–Crippen MR) is 105 cm³/mol. The van der Waals surface area contributed by atoms with E-state index in [-0.39, 0.29) is 0 Å². The number of aryl methyl sites for hydroxylation is 1. The first-order valence-corrected chi connectivity index (χ1v) is 9.23. The van der Waals surface area contributed by atoms with Crippen LogP contribution in [-0.2, 0) is 12.8 Å². The third kappa shape index (κ3) is 3.82. The van der Waals surface area contributed by atoms with Crippen molar-refractivity contribution in [2.75, 3.05) is 23.7 Å². The Balaban J connectivity index is 1.40. The van der Waals surface area contributed by atoms with Crippen LogP contribution in [-0.4, -0.2) is 28.0 Å². The van der Waals surface area contributed by atoms with Gasteiger partial charge in [-0.05, 0) is 49.9 Å². The third-order valence-corrected chi connectivity index (χ3v) is 4.62. The Morgan fingerprint density at radius 3 is 2.50 bits per heavy atom. The first kappa shape index (κ1) is 16.5. The normalized spacial score (nSPS) is 12.6. The highest BCUT2D eigenvalue weighted by molar-refractivity contribution is 5.60. The minimum absolute atomic E-state index is 0.790. The zero-order valence-electron chi connectivity index (χ0n) is 14.8. The summed E-state index contributed by atoms with van der Waals surface area (Å²) in [6, 6.07) is 14.2. The summed E-state index contributed by atoms with van der Waals surface area (Å²) in [5.41, 5.74) is 4.66. The van der Waals surface area contributed by atoms with Gasteiger partial charge in [0.2, 0.25) is 0 Å². The molecule has 0 bridgehead atoms. The molecule has 0 saturated carbocycles. The van der Waals surface area contributed by atoms with Gasteiger partial charge in [0.1, 0.15) is 5.82 Å². The van der Waals surface area contributed by atoms with Crippen LogP contribution < -0.4 is 10.6 Å². The lowest BCUT2D eigenvalue weighted by atomic mass is 10.2. The van der Waals surface area contributed by atoms with Crippen LogP contribution in [0.4, 0.5) is 11.5 Å². The van der Waals surface area contributed by atoms with Crippen molar-refractivity contribution in [1.82, 2.24) is 15.0 Å². The van der Waals surface area contributed by atoms with Gasteiger partial charge < -0.3 is 10.6 Å². The summed E-state index contributed by atoms with van der Waals surface area (Å²) in [6.07, 6.45) is 7.87. The number of hydrogen-bond acceptors (Lipinski definition) is 5. The molecule has 0 saturated heterocycles. The van der Waals surface area contributed by atoms with E-state index in [1.165, 1.54) is 11.3 Å². The Morgan fingerprint density at radius 2 is 1.65 bits per heavy atom. The average Bonchev–Trinajstić information content (AvgIpc) is 3.18. The molecule has 132 valence electrons. The fraction of sp³-hybridized carbons (Fsp3) is 0.286. The summed E-state index contributed by atoms with van der Waals surface area (Å²) < 4.78 is 0. The number of nitrogens with one attached hydrogen (secondary N) is 2. The molecule has 5 nitrogen and oxygen atoms in total. The zero-order chi connectivity index (χ0) is 17.6. The van der Waals surface area contributed by atoms with Crippen LogP contribution in [0.1, 0.15) is 24.1 Å². The van der Waals surface area contributed by atoms with E-state index >= 15 is 0 Å². The molecule has 3 aromatic rings. The molecule has 0 atom stereocenters. The van der Waals surface area contributed by atoms with E-state index in [9.17, 15) is 0 Å². The van der Waals surface area contributed by atoms with Gasteiger partial charge in [0, 0.05) is 48.0 Å². The van der Waals surface area contributed by atoms with Crippen molar-refractivity contribution in [3.8, 4) is 11.4 Å². The molecule has 1 aromatic carbocycles. The monoisotopic (exact) mass is 345 g/mol. The molecular weight excluding hydrogens is 322 g/mol. The van der Waals surface area contributed by atoms with Crippen molar-refractivity contribution >= 4 is 11.5 Å². The predicted octanol–water partition coefficient (Wildman–Crippen LogP) is 3.94. The molecule has 0 fully saturated rings. The first-order valence-electron chi connectivity index (χ1n) is 9.23. The van der Waals surface area contributed by atoms with E-state index < -0.39 is 0 Å². The Bertz CT molecular complexity index is 849. The van der Waals surface area contributed by atoms with Gasteiger partial charge in [-0.15, -0.1) is 0 Å². The molecule has 4 rings (SSSR count). The van der Waals surface area contributed by atoms with Crippen molar-refractivity contribution in [2.45, 2.75) is 25.7 Å². The lowest BCUT2D eigenvalue weighted by Gasteiger charge is -2.13. The number of nitrogens with zero attached hydrogens (tertiary/aromatic N) is 3. The standard InChI is InChI=1S/C21H23N5/c1-2-6-17(7-3-1)23-12-5-13-24-21-18-8-4-9-19(18)25-20(26-21)16-10-14-22-15-11-16/h1-3,6-7,10-11,14-15,23H,4-5,8-9,12-13H2,(H,24,25,26). The second-order valence-electron chi connectivity index (χ2n) is 6.48. The smallest absolute Gasteiger partial charge is 0.161 e. The molecule has 5 heteroatoms. The van der Waals surface area contributed by atoms with Crippen molar-refractivity contribution in [1.29, 1.82) is 0 Å². The molecular formula is C21H23N5. The van der Waals surface area contributed by atoms with E-state index in [1.54, 1.807) is 12.4 Å². The summed E-state index contributed by atoms with van der Waals surface area (Å²) in [7, 11) is 0. The minimum atomic E-state index is 0.790. The van der Waals surface area contributed by atoms with Crippen LogP contribution >= 0.6 is 0 Å². The second kappa shape index (κ2) is 7.95. The molecule has 1 aliphatic carbocycles. The summed E-state index contributed by atoms with van der Waals surface area (Å²) in [6.45, 7) is 1.82. The number of pyridine rings is 1.